The summed E-state index contributed by atoms with van der Waals surface area (Å²) in [5.41, 5.74) is 0. The van der Waals surface area contributed by atoms with Crippen molar-refractivity contribution < 1.29 is 9.53 Å². The van der Waals surface area contributed by atoms with Crippen LogP contribution in [-0.4, -0.2) is 12.6 Å². The lowest BCUT2D eigenvalue weighted by Crippen LogP contribution is -2.21. The highest BCUT2D eigenvalue weighted by Crippen LogP contribution is 2.30. The number of esters is 1. The minimum Gasteiger partial charge on any atom is -0.465 e. The van der Waals surface area contributed by atoms with Crippen LogP contribution in [0.3, 0.4) is 0 Å². The van der Waals surface area contributed by atoms with Crippen LogP contribution in [0.25, 0.3) is 0 Å². The zero-order chi connectivity index (χ0) is 8.43. The molecule has 0 spiro atoms. The van der Waals surface area contributed by atoms with Crippen LogP contribution in [0.2, 0.25) is 0 Å². The topological polar surface area (TPSA) is 26.3 Å². The molecule has 0 amide bonds. The van der Waals surface area contributed by atoms with E-state index in [1.165, 1.54) is 0 Å². The fourth-order valence-corrected chi connectivity index (χ4v) is 1.77. The first-order valence-corrected chi connectivity index (χ1v) is 4.33. The fraction of sp³-hybridized carbons (Fsp3) is 0.889. The number of carbonyl (C=O) groups is 1. The lowest BCUT2D eigenvalue weighted by atomic mass is 9.84. The first-order valence-electron chi connectivity index (χ1n) is 4.33. The summed E-state index contributed by atoms with van der Waals surface area (Å²) in [5, 5.41) is 0. The van der Waals surface area contributed by atoms with Crippen molar-refractivity contribution in [3.8, 4) is 0 Å². The highest BCUT2D eigenvalue weighted by molar-refractivity contribution is 5.74. The number of hydrogen-bond donors (Lipinski definition) is 0. The van der Waals surface area contributed by atoms with Crippen molar-refractivity contribution >= 4 is 5.97 Å². The van der Waals surface area contributed by atoms with Gasteiger partial charge < -0.3 is 4.74 Å². The molecule has 0 N–H and O–H groups in total. The van der Waals surface area contributed by atoms with Gasteiger partial charge in [0.2, 0.25) is 0 Å². The predicted molar refractivity (Wildman–Crippen MR) is 43.1 cm³/mol. The summed E-state index contributed by atoms with van der Waals surface area (Å²) in [5.74, 6) is 1.05. The van der Waals surface area contributed by atoms with Gasteiger partial charge in [0.25, 0.3) is 0 Å². The molecule has 1 heterocycles. The molecule has 64 valence electrons. The first kappa shape index (κ1) is 8.57. The van der Waals surface area contributed by atoms with Crippen LogP contribution in [0.5, 0.6) is 0 Å². The average molecular weight is 156 g/mol. The standard InChI is InChI=1S/C9H16O2/c1-4-7-5-11-9(10)8(7)6(2)3/h6-8H,4-5H2,1-3H3/t7-,8+/m1/s1. The lowest BCUT2D eigenvalue weighted by molar-refractivity contribution is -0.142. The van der Waals surface area contributed by atoms with Crippen molar-refractivity contribution in [1.29, 1.82) is 0 Å². The van der Waals surface area contributed by atoms with E-state index in [2.05, 4.69) is 20.8 Å². The van der Waals surface area contributed by atoms with Crippen molar-refractivity contribution in [1.82, 2.24) is 0 Å². The lowest BCUT2D eigenvalue weighted by Gasteiger charge is -2.15. The van der Waals surface area contributed by atoms with Gasteiger partial charge in [0.15, 0.2) is 0 Å². The van der Waals surface area contributed by atoms with Gasteiger partial charge in [0.1, 0.15) is 0 Å². The van der Waals surface area contributed by atoms with Crippen molar-refractivity contribution in [2.75, 3.05) is 6.61 Å². The van der Waals surface area contributed by atoms with Gasteiger partial charge in [-0.3, -0.25) is 4.79 Å². The molecule has 0 saturated carbocycles. The summed E-state index contributed by atoms with van der Waals surface area (Å²) in [7, 11) is 0. The van der Waals surface area contributed by atoms with Crippen LogP contribution >= 0.6 is 0 Å². The Bertz CT molecular complexity index is 152. The average Bonchev–Trinajstić information content (AvgIpc) is 2.30. The normalized spacial score (nSPS) is 31.1. The van der Waals surface area contributed by atoms with Gasteiger partial charge in [-0.2, -0.15) is 0 Å². The number of hydrogen-bond acceptors (Lipinski definition) is 2. The summed E-state index contributed by atoms with van der Waals surface area (Å²) in [6.45, 7) is 6.92. The largest absolute Gasteiger partial charge is 0.465 e. The van der Waals surface area contributed by atoms with Gasteiger partial charge in [0.05, 0.1) is 12.5 Å². The molecule has 1 rings (SSSR count). The van der Waals surface area contributed by atoms with E-state index < -0.39 is 0 Å². The molecule has 1 aliphatic heterocycles. The zero-order valence-corrected chi connectivity index (χ0v) is 7.46. The molecule has 0 aromatic heterocycles. The van der Waals surface area contributed by atoms with Crippen LogP contribution in [0.15, 0.2) is 0 Å². The van der Waals surface area contributed by atoms with Crippen molar-refractivity contribution in [3.05, 3.63) is 0 Å². The second kappa shape index (κ2) is 3.24. The summed E-state index contributed by atoms with van der Waals surface area (Å²) in [4.78, 5) is 11.2. The molecule has 2 nitrogen and oxygen atoms in total. The van der Waals surface area contributed by atoms with E-state index in [1.807, 2.05) is 0 Å². The van der Waals surface area contributed by atoms with E-state index in [4.69, 9.17) is 4.74 Å². The molecule has 11 heavy (non-hydrogen) atoms. The molecule has 0 aliphatic carbocycles. The fourth-order valence-electron chi connectivity index (χ4n) is 1.77. The zero-order valence-electron chi connectivity index (χ0n) is 7.46. The Morgan fingerprint density at radius 3 is 2.64 bits per heavy atom. The van der Waals surface area contributed by atoms with Crippen LogP contribution < -0.4 is 0 Å². The molecule has 0 radical (unpaired) electrons. The quantitative estimate of drug-likeness (QED) is 0.570. The van der Waals surface area contributed by atoms with Crippen LogP contribution in [0, 0.1) is 17.8 Å². The van der Waals surface area contributed by atoms with E-state index in [1.54, 1.807) is 0 Å². The van der Waals surface area contributed by atoms with E-state index in [-0.39, 0.29) is 11.9 Å². The molecule has 2 heteroatoms. The minimum atomic E-state index is 0.00634. The molecule has 1 aliphatic rings. The van der Waals surface area contributed by atoms with Gasteiger partial charge in [-0.15, -0.1) is 0 Å². The molecule has 1 fully saturated rings. The molecule has 0 aromatic rings. The number of ether oxygens (including phenoxy) is 1. The summed E-state index contributed by atoms with van der Waals surface area (Å²) >= 11 is 0. The number of rotatable bonds is 2. The summed E-state index contributed by atoms with van der Waals surface area (Å²) < 4.78 is 4.99. The molecule has 2 atom stereocenters. The van der Waals surface area contributed by atoms with E-state index >= 15 is 0 Å². The Balaban J connectivity index is 2.63. The van der Waals surface area contributed by atoms with Crippen molar-refractivity contribution in [2.24, 2.45) is 17.8 Å². The Labute approximate surface area is 67.9 Å². The summed E-state index contributed by atoms with van der Waals surface area (Å²) in [6.07, 6.45) is 1.05. The van der Waals surface area contributed by atoms with E-state index in [0.29, 0.717) is 18.4 Å². The van der Waals surface area contributed by atoms with Gasteiger partial charge >= 0.3 is 5.97 Å². The van der Waals surface area contributed by atoms with E-state index in [0.717, 1.165) is 6.42 Å². The molecular formula is C9H16O2. The third-order valence-corrected chi connectivity index (χ3v) is 2.46. The third-order valence-electron chi connectivity index (χ3n) is 2.46. The highest BCUT2D eigenvalue weighted by atomic mass is 16.5. The molecule has 0 bridgehead atoms. The maximum absolute atomic E-state index is 11.2. The van der Waals surface area contributed by atoms with Gasteiger partial charge in [-0.05, 0) is 12.3 Å². The minimum absolute atomic E-state index is 0.00634. The molecule has 1 saturated heterocycles. The predicted octanol–water partition coefficient (Wildman–Crippen LogP) is 1.84. The van der Waals surface area contributed by atoms with E-state index in [9.17, 15) is 4.79 Å². The maximum Gasteiger partial charge on any atom is 0.309 e. The third kappa shape index (κ3) is 1.55. The first-order chi connectivity index (χ1) is 5.16. The maximum atomic E-state index is 11.2. The Morgan fingerprint density at radius 2 is 2.27 bits per heavy atom. The molecule has 0 aromatic carbocycles. The smallest absolute Gasteiger partial charge is 0.309 e. The number of carbonyl (C=O) groups excluding carboxylic acids is 1. The Kier molecular flexibility index (Phi) is 2.53. The summed E-state index contributed by atoms with van der Waals surface area (Å²) in [6, 6.07) is 0. The number of cyclic esters (lactones) is 1. The second-order valence-electron chi connectivity index (χ2n) is 3.57. The highest BCUT2D eigenvalue weighted by Gasteiger charge is 2.37. The van der Waals surface area contributed by atoms with Gasteiger partial charge in [-0.25, -0.2) is 0 Å². The SMILES string of the molecule is CC[C@@H]1COC(=O)[C@H]1C(C)C. The van der Waals surface area contributed by atoms with Gasteiger partial charge in [0, 0.05) is 5.92 Å². The van der Waals surface area contributed by atoms with Crippen molar-refractivity contribution in [2.45, 2.75) is 27.2 Å². The Morgan fingerprint density at radius 1 is 1.64 bits per heavy atom. The molecule has 0 unspecified atom stereocenters. The van der Waals surface area contributed by atoms with Crippen LogP contribution in [-0.2, 0) is 9.53 Å². The van der Waals surface area contributed by atoms with Crippen molar-refractivity contribution in [3.63, 3.8) is 0 Å². The molecular weight excluding hydrogens is 140 g/mol. The van der Waals surface area contributed by atoms with Crippen LogP contribution in [0.4, 0.5) is 0 Å². The second-order valence-corrected chi connectivity index (χ2v) is 3.57. The van der Waals surface area contributed by atoms with Crippen LogP contribution in [0.1, 0.15) is 27.2 Å². The van der Waals surface area contributed by atoms with Gasteiger partial charge in [-0.1, -0.05) is 20.8 Å². The Hall–Kier alpha value is -0.530. The monoisotopic (exact) mass is 156 g/mol.